The molecule has 4 rings (SSSR count). The first-order valence-electron chi connectivity index (χ1n) is 10.2. The van der Waals surface area contributed by atoms with E-state index in [-0.39, 0.29) is 27.4 Å². The molecule has 0 aromatic heterocycles. The van der Waals surface area contributed by atoms with Crippen molar-refractivity contribution < 1.29 is 17.9 Å². The van der Waals surface area contributed by atoms with Crippen LogP contribution in [0.1, 0.15) is 47.6 Å². The predicted molar refractivity (Wildman–Crippen MR) is 115 cm³/mol. The van der Waals surface area contributed by atoms with E-state index in [0.29, 0.717) is 19.6 Å². The fourth-order valence-electron chi connectivity index (χ4n) is 4.24. The largest absolute Gasteiger partial charge is 0.497 e. The van der Waals surface area contributed by atoms with Crippen LogP contribution in [0.4, 0.5) is 0 Å². The molecule has 2 aliphatic rings. The summed E-state index contributed by atoms with van der Waals surface area (Å²) in [5, 5.41) is 0.265. The van der Waals surface area contributed by atoms with E-state index in [4.69, 9.17) is 16.3 Å². The zero-order chi connectivity index (χ0) is 21.3. The maximum atomic E-state index is 13.4. The molecule has 6 nitrogen and oxygen atoms in total. The van der Waals surface area contributed by atoms with E-state index in [9.17, 15) is 13.2 Å². The summed E-state index contributed by atoms with van der Waals surface area (Å²) in [6.45, 7) is 1.63. The second-order valence-corrected chi connectivity index (χ2v) is 10.0. The van der Waals surface area contributed by atoms with Gasteiger partial charge in [-0.05, 0) is 61.6 Å². The maximum absolute atomic E-state index is 13.4. The number of rotatable bonds is 5. The maximum Gasteiger partial charge on any atom is 0.255 e. The molecule has 30 heavy (non-hydrogen) atoms. The van der Waals surface area contributed by atoms with E-state index < -0.39 is 10.0 Å². The quantitative estimate of drug-likeness (QED) is 0.690. The molecule has 0 N–H and O–H groups in total. The molecule has 0 saturated carbocycles. The molecule has 1 unspecified atom stereocenters. The number of hydrogen-bond donors (Lipinski definition) is 0. The van der Waals surface area contributed by atoms with Crippen LogP contribution < -0.4 is 4.74 Å². The molecule has 1 atom stereocenters. The zero-order valence-corrected chi connectivity index (χ0v) is 18.5. The van der Waals surface area contributed by atoms with Crippen molar-refractivity contribution in [3.8, 4) is 5.75 Å². The average molecular weight is 449 g/mol. The normalized spacial score (nSPS) is 19.9. The van der Waals surface area contributed by atoms with Gasteiger partial charge in [0.1, 0.15) is 5.75 Å². The lowest BCUT2D eigenvalue weighted by Crippen LogP contribution is -2.31. The highest BCUT2D eigenvalue weighted by Crippen LogP contribution is 2.35. The Labute approximate surface area is 182 Å². The van der Waals surface area contributed by atoms with Gasteiger partial charge >= 0.3 is 0 Å². The molecule has 0 aliphatic carbocycles. The van der Waals surface area contributed by atoms with Gasteiger partial charge in [-0.1, -0.05) is 23.7 Å². The van der Waals surface area contributed by atoms with Gasteiger partial charge in [-0.15, -0.1) is 0 Å². The van der Waals surface area contributed by atoms with Gasteiger partial charge in [0, 0.05) is 19.6 Å². The van der Waals surface area contributed by atoms with Crippen LogP contribution in [0.25, 0.3) is 0 Å². The average Bonchev–Trinajstić information content (AvgIpc) is 3.46. The summed E-state index contributed by atoms with van der Waals surface area (Å²) < 4.78 is 32.6. The summed E-state index contributed by atoms with van der Waals surface area (Å²) in [5.41, 5.74) is 1.26. The molecule has 2 saturated heterocycles. The summed E-state index contributed by atoms with van der Waals surface area (Å²) in [5.74, 6) is 0.522. The van der Waals surface area contributed by atoms with Crippen molar-refractivity contribution in [1.82, 2.24) is 9.21 Å². The van der Waals surface area contributed by atoms with Gasteiger partial charge in [-0.2, -0.15) is 4.31 Å². The molecule has 8 heteroatoms. The van der Waals surface area contributed by atoms with E-state index in [2.05, 4.69) is 0 Å². The van der Waals surface area contributed by atoms with Crippen molar-refractivity contribution in [1.29, 1.82) is 0 Å². The molecule has 0 bridgehead atoms. The van der Waals surface area contributed by atoms with E-state index in [1.807, 2.05) is 24.3 Å². The number of nitrogens with zero attached hydrogens (tertiary/aromatic N) is 2. The van der Waals surface area contributed by atoms with Crippen molar-refractivity contribution in [3.63, 3.8) is 0 Å². The summed E-state index contributed by atoms with van der Waals surface area (Å²) in [4.78, 5) is 15.3. The Balaban J connectivity index is 1.63. The van der Waals surface area contributed by atoms with Crippen molar-refractivity contribution >= 4 is 27.5 Å². The van der Waals surface area contributed by atoms with E-state index in [0.717, 1.165) is 37.0 Å². The van der Waals surface area contributed by atoms with Crippen molar-refractivity contribution in [3.05, 3.63) is 58.6 Å². The summed E-state index contributed by atoms with van der Waals surface area (Å²) in [7, 11) is -2.00. The molecule has 0 radical (unpaired) electrons. The van der Waals surface area contributed by atoms with E-state index in [1.54, 1.807) is 12.0 Å². The minimum Gasteiger partial charge on any atom is -0.497 e. The Bertz CT molecular complexity index is 1030. The molecule has 2 fully saturated rings. The van der Waals surface area contributed by atoms with E-state index >= 15 is 0 Å². The number of sulfonamides is 1. The Hall–Kier alpha value is -2.09. The monoisotopic (exact) mass is 448 g/mol. The first-order chi connectivity index (χ1) is 14.4. The minimum absolute atomic E-state index is 0.0710. The topological polar surface area (TPSA) is 66.9 Å². The molecule has 2 heterocycles. The highest BCUT2D eigenvalue weighted by molar-refractivity contribution is 7.89. The van der Waals surface area contributed by atoms with Gasteiger partial charge in [0.05, 0.1) is 28.6 Å². The van der Waals surface area contributed by atoms with Gasteiger partial charge in [0.25, 0.3) is 5.91 Å². The van der Waals surface area contributed by atoms with Crippen LogP contribution in [0.15, 0.2) is 47.4 Å². The number of carbonyl (C=O) groups is 1. The fourth-order valence-corrected chi connectivity index (χ4v) is 5.99. The second kappa shape index (κ2) is 8.57. The first kappa shape index (κ1) is 21.2. The molecule has 2 aromatic carbocycles. The third-order valence-electron chi connectivity index (χ3n) is 5.89. The number of carbonyl (C=O) groups excluding carboxylic acids is 1. The first-order valence-corrected chi connectivity index (χ1v) is 12.0. The lowest BCUT2D eigenvalue weighted by atomic mass is 10.0. The molecular weight excluding hydrogens is 424 g/mol. The van der Waals surface area contributed by atoms with Crippen LogP contribution in [0.3, 0.4) is 0 Å². The van der Waals surface area contributed by atoms with Crippen LogP contribution in [0.5, 0.6) is 5.75 Å². The highest BCUT2D eigenvalue weighted by atomic mass is 35.5. The number of ether oxygens (including phenoxy) is 1. The molecule has 2 aliphatic heterocycles. The van der Waals surface area contributed by atoms with Gasteiger partial charge in [0.2, 0.25) is 10.0 Å². The second-order valence-electron chi connectivity index (χ2n) is 7.68. The molecule has 1 amide bonds. The van der Waals surface area contributed by atoms with Crippen LogP contribution in [0.2, 0.25) is 5.02 Å². The number of halogens is 1. The lowest BCUT2D eigenvalue weighted by molar-refractivity contribution is 0.0735. The van der Waals surface area contributed by atoms with Gasteiger partial charge < -0.3 is 9.64 Å². The Morgan fingerprint density at radius 2 is 1.73 bits per heavy atom. The Morgan fingerprint density at radius 3 is 2.40 bits per heavy atom. The summed E-state index contributed by atoms with van der Waals surface area (Å²) >= 11 is 6.34. The Morgan fingerprint density at radius 1 is 1.03 bits per heavy atom. The molecular formula is C22H25ClN2O4S. The van der Waals surface area contributed by atoms with Gasteiger partial charge in [-0.25, -0.2) is 8.42 Å². The third kappa shape index (κ3) is 3.94. The minimum atomic E-state index is -3.62. The van der Waals surface area contributed by atoms with Gasteiger partial charge in [0.15, 0.2) is 0 Å². The van der Waals surface area contributed by atoms with Crippen LogP contribution in [-0.2, 0) is 10.0 Å². The van der Waals surface area contributed by atoms with Gasteiger partial charge in [-0.3, -0.25) is 4.79 Å². The standard InChI is InChI=1S/C22H25ClN2O4S/c1-29-17-8-6-16(7-9-17)21-5-4-14-25(21)22(26)19-15-18(10-11-20(19)23)30(27,28)24-12-2-3-13-24/h6-11,15,21H,2-5,12-14H2,1H3. The molecule has 0 spiro atoms. The number of amides is 1. The third-order valence-corrected chi connectivity index (χ3v) is 8.11. The summed E-state index contributed by atoms with van der Waals surface area (Å²) in [6.07, 6.45) is 3.44. The predicted octanol–water partition coefficient (Wildman–Crippen LogP) is 4.11. The number of likely N-dealkylation sites (tertiary alicyclic amines) is 1. The van der Waals surface area contributed by atoms with Crippen LogP contribution in [-0.4, -0.2) is 50.3 Å². The number of benzene rings is 2. The SMILES string of the molecule is COc1ccc(C2CCCN2C(=O)c2cc(S(=O)(=O)N3CCCC3)ccc2Cl)cc1. The van der Waals surface area contributed by atoms with Crippen molar-refractivity contribution in [2.24, 2.45) is 0 Å². The summed E-state index contributed by atoms with van der Waals surface area (Å²) in [6, 6.07) is 12.0. The number of hydrogen-bond acceptors (Lipinski definition) is 4. The smallest absolute Gasteiger partial charge is 0.255 e. The van der Waals surface area contributed by atoms with E-state index in [1.165, 1.54) is 22.5 Å². The van der Waals surface area contributed by atoms with Crippen LogP contribution >= 0.6 is 11.6 Å². The Kier molecular flexibility index (Phi) is 6.04. The van der Waals surface area contributed by atoms with Crippen molar-refractivity contribution in [2.45, 2.75) is 36.6 Å². The molecule has 160 valence electrons. The lowest BCUT2D eigenvalue weighted by Gasteiger charge is -2.26. The highest BCUT2D eigenvalue weighted by Gasteiger charge is 2.33. The fraction of sp³-hybridized carbons (Fsp3) is 0.409. The van der Waals surface area contributed by atoms with Crippen LogP contribution in [0, 0.1) is 0 Å². The molecule has 2 aromatic rings. The zero-order valence-electron chi connectivity index (χ0n) is 16.9. The van der Waals surface area contributed by atoms with Crippen molar-refractivity contribution in [2.75, 3.05) is 26.7 Å². The number of methoxy groups -OCH3 is 1.